The fourth-order valence-corrected chi connectivity index (χ4v) is 2.31. The van der Waals surface area contributed by atoms with E-state index in [2.05, 4.69) is 0 Å². The first-order valence-corrected chi connectivity index (χ1v) is 6.72. The van der Waals surface area contributed by atoms with Crippen LogP contribution in [0.3, 0.4) is 0 Å². The highest BCUT2D eigenvalue weighted by atomic mass is 19.3. The minimum Gasteiger partial charge on any atom is -0.497 e. The van der Waals surface area contributed by atoms with E-state index in [-0.39, 0.29) is 6.42 Å². The third-order valence-electron chi connectivity index (χ3n) is 3.71. The van der Waals surface area contributed by atoms with Crippen LogP contribution in [0.2, 0.25) is 0 Å². The summed E-state index contributed by atoms with van der Waals surface area (Å²) < 4.78 is 33.3. The Labute approximate surface area is 123 Å². The molecule has 0 aromatic heterocycles. The van der Waals surface area contributed by atoms with Crippen molar-refractivity contribution in [2.45, 2.75) is 24.8 Å². The molecule has 1 unspecified atom stereocenters. The van der Waals surface area contributed by atoms with Crippen molar-refractivity contribution in [2.24, 2.45) is 5.73 Å². The minimum absolute atomic E-state index is 0.0461. The molecular formula is C17H19F2NO. The average Bonchev–Trinajstić information content (AvgIpc) is 2.47. The van der Waals surface area contributed by atoms with E-state index in [0.717, 1.165) is 12.5 Å². The fourth-order valence-electron chi connectivity index (χ4n) is 2.31. The van der Waals surface area contributed by atoms with Gasteiger partial charge >= 0.3 is 0 Å². The van der Waals surface area contributed by atoms with Crippen LogP contribution in [0, 0.1) is 0 Å². The molecule has 0 saturated carbocycles. The molecule has 0 aliphatic heterocycles. The number of hydrogen-bond donors (Lipinski definition) is 1. The average molecular weight is 291 g/mol. The quantitative estimate of drug-likeness (QED) is 0.910. The molecule has 1 atom stereocenters. The Morgan fingerprint density at radius 2 is 1.57 bits per heavy atom. The molecule has 0 bridgehead atoms. The summed E-state index contributed by atoms with van der Waals surface area (Å²) in [6, 6.07) is 15.5. The molecule has 0 aliphatic rings. The van der Waals surface area contributed by atoms with Crippen LogP contribution in [0.25, 0.3) is 0 Å². The maximum Gasteiger partial charge on any atom is 0.267 e. The maximum absolute atomic E-state index is 14.1. The van der Waals surface area contributed by atoms with E-state index in [4.69, 9.17) is 10.5 Å². The second-order valence-corrected chi connectivity index (χ2v) is 5.25. The van der Waals surface area contributed by atoms with Gasteiger partial charge in [-0.15, -0.1) is 0 Å². The zero-order valence-electron chi connectivity index (χ0n) is 12.1. The smallest absolute Gasteiger partial charge is 0.267 e. The van der Waals surface area contributed by atoms with Crippen LogP contribution in [-0.4, -0.2) is 13.0 Å². The zero-order valence-corrected chi connectivity index (χ0v) is 12.1. The summed E-state index contributed by atoms with van der Waals surface area (Å²) in [5, 5.41) is 0. The van der Waals surface area contributed by atoms with Crippen LogP contribution in [0.5, 0.6) is 5.75 Å². The Bertz CT molecular complexity index is 578. The predicted octanol–water partition coefficient (Wildman–Crippen LogP) is 3.75. The number of ether oxygens (including phenoxy) is 1. The van der Waals surface area contributed by atoms with Gasteiger partial charge in [-0.25, -0.2) is 8.78 Å². The number of hydrogen-bond acceptors (Lipinski definition) is 2. The van der Waals surface area contributed by atoms with Gasteiger partial charge in [0.25, 0.3) is 5.92 Å². The van der Waals surface area contributed by atoms with Gasteiger partial charge in [-0.3, -0.25) is 0 Å². The van der Waals surface area contributed by atoms with E-state index in [9.17, 15) is 8.78 Å². The van der Waals surface area contributed by atoms with Gasteiger partial charge < -0.3 is 10.5 Å². The van der Waals surface area contributed by atoms with Gasteiger partial charge in [-0.1, -0.05) is 42.5 Å². The fraction of sp³-hybridized carbons (Fsp3) is 0.294. The van der Waals surface area contributed by atoms with Crippen LogP contribution in [-0.2, 0) is 12.0 Å². The number of rotatable bonds is 5. The van der Waals surface area contributed by atoms with Crippen molar-refractivity contribution in [3.63, 3.8) is 0 Å². The number of halogens is 2. The molecule has 0 amide bonds. The molecule has 0 radical (unpaired) electrons. The molecule has 0 saturated heterocycles. The van der Waals surface area contributed by atoms with Crippen LogP contribution in [0.4, 0.5) is 8.78 Å². The first-order chi connectivity index (χ1) is 9.87. The molecule has 0 spiro atoms. The number of benzene rings is 2. The first kappa shape index (κ1) is 15.4. The Kier molecular flexibility index (Phi) is 4.28. The van der Waals surface area contributed by atoms with Gasteiger partial charge in [-0.05, 0) is 23.3 Å². The topological polar surface area (TPSA) is 35.2 Å². The highest BCUT2D eigenvalue weighted by Gasteiger charge is 2.48. The van der Waals surface area contributed by atoms with Gasteiger partial charge in [0.05, 0.1) is 7.11 Å². The lowest BCUT2D eigenvalue weighted by Crippen LogP contribution is -2.52. The highest BCUT2D eigenvalue weighted by molar-refractivity contribution is 5.33. The number of methoxy groups -OCH3 is 1. The van der Waals surface area contributed by atoms with Crippen LogP contribution in [0.1, 0.15) is 18.1 Å². The molecule has 0 aliphatic carbocycles. The lowest BCUT2D eigenvalue weighted by Gasteiger charge is -2.36. The van der Waals surface area contributed by atoms with Crippen molar-refractivity contribution in [3.8, 4) is 5.75 Å². The van der Waals surface area contributed by atoms with E-state index < -0.39 is 11.5 Å². The van der Waals surface area contributed by atoms with E-state index in [1.165, 1.54) is 0 Å². The summed E-state index contributed by atoms with van der Waals surface area (Å²) in [4.78, 5) is 0. The first-order valence-electron chi connectivity index (χ1n) is 6.72. The largest absolute Gasteiger partial charge is 0.497 e. The Hall–Kier alpha value is -1.94. The molecule has 2 aromatic rings. The van der Waals surface area contributed by atoms with Crippen molar-refractivity contribution in [2.75, 3.05) is 7.11 Å². The number of alkyl halides is 2. The Morgan fingerprint density at radius 3 is 2.05 bits per heavy atom. The molecule has 2 rings (SSSR count). The summed E-state index contributed by atoms with van der Waals surface area (Å²) in [6.45, 7) is 0.865. The lowest BCUT2D eigenvalue weighted by atomic mass is 9.80. The van der Waals surface area contributed by atoms with Gasteiger partial charge in [0.2, 0.25) is 0 Å². The molecule has 21 heavy (non-hydrogen) atoms. The molecule has 0 heterocycles. The van der Waals surface area contributed by atoms with Crippen molar-refractivity contribution in [1.29, 1.82) is 0 Å². The molecule has 0 fully saturated rings. The summed E-state index contributed by atoms with van der Waals surface area (Å²) in [6.07, 6.45) is 0.0461. The van der Waals surface area contributed by atoms with Crippen LogP contribution < -0.4 is 10.5 Å². The summed E-state index contributed by atoms with van der Waals surface area (Å²) in [7, 11) is 1.56. The lowest BCUT2D eigenvalue weighted by molar-refractivity contribution is -0.0604. The third-order valence-corrected chi connectivity index (χ3v) is 3.71. The van der Waals surface area contributed by atoms with Gasteiger partial charge in [0, 0.05) is 13.3 Å². The van der Waals surface area contributed by atoms with E-state index in [1.807, 2.05) is 0 Å². The standard InChI is InChI=1S/C17H19F2NO/c1-16(18,19)17(20,14-6-4-3-5-7-14)12-13-8-10-15(21-2)11-9-13/h3-11H,12,20H2,1-2H3. The molecular weight excluding hydrogens is 272 g/mol. The van der Waals surface area contributed by atoms with E-state index in [1.54, 1.807) is 61.7 Å². The highest BCUT2D eigenvalue weighted by Crippen LogP contribution is 2.38. The molecule has 2 N–H and O–H groups in total. The Morgan fingerprint density at radius 1 is 1.00 bits per heavy atom. The minimum atomic E-state index is -3.05. The zero-order chi connectivity index (χ0) is 15.5. The van der Waals surface area contributed by atoms with Crippen molar-refractivity contribution < 1.29 is 13.5 Å². The van der Waals surface area contributed by atoms with Gasteiger partial charge in [-0.2, -0.15) is 0 Å². The van der Waals surface area contributed by atoms with Crippen LogP contribution >= 0.6 is 0 Å². The second-order valence-electron chi connectivity index (χ2n) is 5.25. The summed E-state index contributed by atoms with van der Waals surface area (Å²) in [5.74, 6) is -2.36. The molecule has 4 heteroatoms. The molecule has 112 valence electrons. The maximum atomic E-state index is 14.1. The second kappa shape index (κ2) is 5.82. The van der Waals surface area contributed by atoms with Crippen LogP contribution in [0.15, 0.2) is 54.6 Å². The van der Waals surface area contributed by atoms with Crippen molar-refractivity contribution >= 4 is 0 Å². The van der Waals surface area contributed by atoms with E-state index in [0.29, 0.717) is 11.3 Å². The monoisotopic (exact) mass is 291 g/mol. The Balaban J connectivity index is 2.37. The molecule has 2 nitrogen and oxygen atoms in total. The summed E-state index contributed by atoms with van der Waals surface area (Å²) >= 11 is 0. The van der Waals surface area contributed by atoms with E-state index >= 15 is 0 Å². The van der Waals surface area contributed by atoms with Gasteiger partial charge in [0.15, 0.2) is 0 Å². The normalized spacial score (nSPS) is 14.5. The van der Waals surface area contributed by atoms with Gasteiger partial charge in [0.1, 0.15) is 11.3 Å². The third kappa shape index (κ3) is 3.22. The van der Waals surface area contributed by atoms with Crippen molar-refractivity contribution in [3.05, 3.63) is 65.7 Å². The molecule has 2 aromatic carbocycles. The summed E-state index contributed by atoms with van der Waals surface area (Å²) in [5.41, 5.74) is 5.53. The predicted molar refractivity (Wildman–Crippen MR) is 79.6 cm³/mol. The van der Waals surface area contributed by atoms with Crippen molar-refractivity contribution in [1.82, 2.24) is 0 Å². The SMILES string of the molecule is COc1ccc(CC(N)(c2ccccc2)C(C)(F)F)cc1. The number of nitrogens with two attached hydrogens (primary N) is 1.